The van der Waals surface area contributed by atoms with Crippen LogP contribution in [0.2, 0.25) is 0 Å². The van der Waals surface area contributed by atoms with Crippen molar-refractivity contribution in [2.45, 2.75) is 43.5 Å². The summed E-state index contributed by atoms with van der Waals surface area (Å²) in [4.78, 5) is 3.95. The molecule has 0 fully saturated rings. The smallest absolute Gasteiger partial charge is 0.419 e. The number of alkyl halides is 3. The molecule has 0 radical (unpaired) electrons. The molecule has 0 saturated heterocycles. The normalized spacial score (nSPS) is 16.7. The highest BCUT2D eigenvalue weighted by Crippen LogP contribution is 2.32. The molecule has 1 aromatic carbocycles. The van der Waals surface area contributed by atoms with Crippen molar-refractivity contribution < 1.29 is 31.4 Å². The Kier molecular flexibility index (Phi) is 6.05. The molecule has 0 amide bonds. The van der Waals surface area contributed by atoms with Crippen LogP contribution in [0, 0.1) is 0 Å². The SMILES string of the molecule is C[C@@H](OC1=C(C(F)(F)F)CNC(Nc2ccc([SH](=O)=O)cc2)=N1)C(C)(C)O. The molecule has 1 heterocycles. The van der Waals surface area contributed by atoms with Crippen molar-refractivity contribution in [3.63, 3.8) is 0 Å². The summed E-state index contributed by atoms with van der Waals surface area (Å²) >= 11 is 0. The van der Waals surface area contributed by atoms with E-state index in [-0.39, 0.29) is 10.9 Å². The molecule has 11 heteroatoms. The fourth-order valence-corrected chi connectivity index (χ4v) is 2.35. The molecule has 0 aromatic heterocycles. The van der Waals surface area contributed by atoms with Crippen LogP contribution in [-0.2, 0) is 15.4 Å². The lowest BCUT2D eigenvalue weighted by Crippen LogP contribution is -2.41. The summed E-state index contributed by atoms with van der Waals surface area (Å²) in [6.45, 7) is 3.69. The molecular weight excluding hydrogens is 387 g/mol. The van der Waals surface area contributed by atoms with Gasteiger partial charge in [0.05, 0.1) is 17.0 Å². The van der Waals surface area contributed by atoms with Gasteiger partial charge in [-0.25, -0.2) is 8.42 Å². The molecular formula is C16H20F3N3O4S. The highest BCUT2D eigenvalue weighted by Gasteiger charge is 2.40. The predicted molar refractivity (Wildman–Crippen MR) is 94.0 cm³/mol. The molecule has 0 unspecified atom stereocenters. The Morgan fingerprint density at radius 3 is 2.33 bits per heavy atom. The minimum Gasteiger partial charge on any atom is -0.471 e. The van der Waals surface area contributed by atoms with E-state index in [9.17, 15) is 26.7 Å². The summed E-state index contributed by atoms with van der Waals surface area (Å²) in [6, 6.07) is 5.60. The summed E-state index contributed by atoms with van der Waals surface area (Å²) < 4.78 is 66.7. The molecule has 3 N–H and O–H groups in total. The first-order valence-electron chi connectivity index (χ1n) is 7.91. The number of aliphatic imine (C=N–C) groups is 1. The molecule has 1 aliphatic rings. The zero-order valence-corrected chi connectivity index (χ0v) is 15.7. The summed E-state index contributed by atoms with van der Waals surface area (Å²) in [5, 5.41) is 15.2. The van der Waals surface area contributed by atoms with E-state index >= 15 is 0 Å². The zero-order chi connectivity index (χ0) is 20.4. The van der Waals surface area contributed by atoms with E-state index in [4.69, 9.17) is 4.74 Å². The number of rotatable bonds is 5. The maximum Gasteiger partial charge on any atom is 0.419 e. The summed E-state index contributed by atoms with van der Waals surface area (Å²) in [5.41, 5.74) is -1.95. The van der Waals surface area contributed by atoms with Crippen LogP contribution in [0.3, 0.4) is 0 Å². The number of aliphatic hydroxyl groups is 1. The van der Waals surface area contributed by atoms with Crippen LogP contribution in [0.4, 0.5) is 18.9 Å². The van der Waals surface area contributed by atoms with E-state index in [0.717, 1.165) is 0 Å². The average molecular weight is 407 g/mol. The van der Waals surface area contributed by atoms with Gasteiger partial charge in [-0.05, 0) is 45.0 Å². The lowest BCUT2D eigenvalue weighted by molar-refractivity contribution is -0.103. The van der Waals surface area contributed by atoms with Gasteiger partial charge >= 0.3 is 6.18 Å². The third-order valence-electron chi connectivity index (χ3n) is 3.87. The fourth-order valence-electron chi connectivity index (χ4n) is 1.96. The molecule has 7 nitrogen and oxygen atoms in total. The number of halogens is 3. The summed E-state index contributed by atoms with van der Waals surface area (Å²) in [6.07, 6.45) is -5.60. The number of benzene rings is 1. The van der Waals surface area contributed by atoms with Crippen molar-refractivity contribution in [2.24, 2.45) is 4.99 Å². The van der Waals surface area contributed by atoms with Crippen LogP contribution in [0.15, 0.2) is 45.6 Å². The Labute approximate surface area is 155 Å². The van der Waals surface area contributed by atoms with Crippen molar-refractivity contribution >= 4 is 22.4 Å². The number of hydrogen-bond donors (Lipinski definition) is 4. The van der Waals surface area contributed by atoms with Crippen molar-refractivity contribution in [2.75, 3.05) is 11.9 Å². The number of ether oxygens (including phenoxy) is 1. The zero-order valence-electron chi connectivity index (χ0n) is 14.8. The first-order valence-corrected chi connectivity index (χ1v) is 9.09. The topological polar surface area (TPSA) is 100 Å². The van der Waals surface area contributed by atoms with E-state index < -0.39 is 46.6 Å². The number of nitrogens with zero attached hydrogens (tertiary/aromatic N) is 1. The van der Waals surface area contributed by atoms with Crippen molar-refractivity contribution in [3.05, 3.63) is 35.7 Å². The van der Waals surface area contributed by atoms with Gasteiger partial charge in [0, 0.05) is 5.69 Å². The Hall–Kier alpha value is -2.27. The van der Waals surface area contributed by atoms with Crippen LogP contribution in [0.5, 0.6) is 0 Å². The van der Waals surface area contributed by atoms with Gasteiger partial charge in [-0.3, -0.25) is 0 Å². The first kappa shape index (κ1) is 21.0. The van der Waals surface area contributed by atoms with E-state index in [2.05, 4.69) is 15.6 Å². The summed E-state index contributed by atoms with van der Waals surface area (Å²) in [5.74, 6) is -0.641. The Morgan fingerprint density at radius 1 is 1.26 bits per heavy atom. The van der Waals surface area contributed by atoms with Crippen LogP contribution in [0.25, 0.3) is 0 Å². The van der Waals surface area contributed by atoms with Gasteiger partial charge in [0.2, 0.25) is 11.8 Å². The van der Waals surface area contributed by atoms with E-state index in [1.54, 1.807) is 0 Å². The van der Waals surface area contributed by atoms with Crippen molar-refractivity contribution in [3.8, 4) is 0 Å². The van der Waals surface area contributed by atoms with E-state index in [1.807, 2.05) is 0 Å². The second-order valence-electron chi connectivity index (χ2n) is 6.44. The number of guanidine groups is 1. The fraction of sp³-hybridized carbons (Fsp3) is 0.438. The van der Waals surface area contributed by atoms with Gasteiger partial charge in [-0.1, -0.05) is 0 Å². The Morgan fingerprint density at radius 2 is 1.85 bits per heavy atom. The van der Waals surface area contributed by atoms with Gasteiger partial charge < -0.3 is 20.5 Å². The van der Waals surface area contributed by atoms with Crippen LogP contribution in [0.1, 0.15) is 20.8 Å². The lowest BCUT2D eigenvalue weighted by atomic mass is 10.0. The standard InChI is InChI=1S/C16H20F3N3O4S/c1-9(15(2,3)23)26-13-12(16(17,18)19)8-20-14(22-13)21-10-4-6-11(7-5-10)27(24)25/h4-7,9,23,27H,8H2,1-3H3,(H2,20,21,22)/t9-/m1/s1. The molecule has 27 heavy (non-hydrogen) atoms. The van der Waals surface area contributed by atoms with Gasteiger partial charge in [-0.15, -0.1) is 0 Å². The third kappa shape index (κ3) is 5.60. The molecule has 1 aliphatic heterocycles. The minimum atomic E-state index is -4.66. The van der Waals surface area contributed by atoms with E-state index in [1.165, 1.54) is 45.0 Å². The highest BCUT2D eigenvalue weighted by atomic mass is 32.2. The number of thiol groups is 1. The molecule has 1 aromatic rings. The Balaban J connectivity index is 2.28. The number of anilines is 1. The van der Waals surface area contributed by atoms with Crippen LogP contribution >= 0.6 is 0 Å². The molecule has 0 saturated carbocycles. The average Bonchev–Trinajstić information content (AvgIpc) is 2.53. The number of nitrogens with one attached hydrogen (secondary N) is 2. The summed E-state index contributed by atoms with van der Waals surface area (Å²) in [7, 11) is -2.72. The van der Waals surface area contributed by atoms with Crippen molar-refractivity contribution in [1.82, 2.24) is 5.32 Å². The lowest BCUT2D eigenvalue weighted by Gasteiger charge is -2.30. The molecule has 0 bridgehead atoms. The van der Waals surface area contributed by atoms with Crippen LogP contribution < -0.4 is 10.6 Å². The second-order valence-corrected chi connectivity index (χ2v) is 7.47. The quantitative estimate of drug-likeness (QED) is 0.557. The van der Waals surface area contributed by atoms with Gasteiger partial charge in [0.25, 0.3) is 0 Å². The predicted octanol–water partition coefficient (Wildman–Crippen LogP) is 1.98. The molecule has 2 rings (SSSR count). The molecule has 0 spiro atoms. The minimum absolute atomic E-state index is 0.000192. The Bertz CT molecular complexity index is 817. The number of hydrogen-bond acceptors (Lipinski definition) is 7. The van der Waals surface area contributed by atoms with Crippen molar-refractivity contribution in [1.29, 1.82) is 0 Å². The third-order valence-corrected chi connectivity index (χ3v) is 4.59. The molecule has 150 valence electrons. The van der Waals surface area contributed by atoms with Gasteiger partial charge in [0.15, 0.2) is 10.7 Å². The largest absolute Gasteiger partial charge is 0.471 e. The second kappa shape index (κ2) is 7.77. The monoisotopic (exact) mass is 407 g/mol. The maximum atomic E-state index is 13.2. The maximum absolute atomic E-state index is 13.2. The van der Waals surface area contributed by atoms with Crippen LogP contribution in [-0.4, -0.2) is 43.9 Å². The van der Waals surface area contributed by atoms with Gasteiger partial charge in [-0.2, -0.15) is 18.2 Å². The van der Waals surface area contributed by atoms with Gasteiger partial charge in [0.1, 0.15) is 11.7 Å². The van der Waals surface area contributed by atoms with E-state index in [0.29, 0.717) is 5.69 Å². The highest BCUT2D eigenvalue weighted by molar-refractivity contribution is 7.72. The molecule has 1 atom stereocenters. The first-order chi connectivity index (χ1) is 12.4. The molecule has 0 aliphatic carbocycles.